The summed E-state index contributed by atoms with van der Waals surface area (Å²) in [6.45, 7) is 10.4. The molecule has 0 radical (unpaired) electrons. The lowest BCUT2D eigenvalue weighted by Gasteiger charge is -2.21. The van der Waals surface area contributed by atoms with E-state index in [1.807, 2.05) is 20.8 Å². The molecule has 17 heavy (non-hydrogen) atoms. The maximum atomic E-state index is 12.0. The molecule has 0 aliphatic carbocycles. The van der Waals surface area contributed by atoms with Crippen molar-refractivity contribution in [2.24, 2.45) is 0 Å². The molecular weight excluding hydrogens is 236 g/mol. The van der Waals surface area contributed by atoms with Gasteiger partial charge >= 0.3 is 0 Å². The molecule has 0 amide bonds. The Morgan fingerprint density at radius 3 is 2.12 bits per heavy atom. The molecule has 0 aromatic rings. The molecule has 0 aliphatic heterocycles. The van der Waals surface area contributed by atoms with E-state index >= 15 is 0 Å². The van der Waals surface area contributed by atoms with Crippen LogP contribution in [0.2, 0.25) is 0 Å². The highest BCUT2D eigenvalue weighted by Gasteiger charge is 2.23. The van der Waals surface area contributed by atoms with E-state index in [1.165, 1.54) is 0 Å². The normalized spacial score (nSPS) is 16.1. The minimum atomic E-state index is -3.20. The maximum absolute atomic E-state index is 12.0. The summed E-state index contributed by atoms with van der Waals surface area (Å²) in [7, 11) is -3.20. The molecule has 5 heteroatoms. The second kappa shape index (κ2) is 8.06. The molecule has 2 unspecified atom stereocenters. The van der Waals surface area contributed by atoms with Gasteiger partial charge in [0.1, 0.15) is 0 Å². The van der Waals surface area contributed by atoms with Crippen molar-refractivity contribution in [1.29, 1.82) is 0 Å². The van der Waals surface area contributed by atoms with Gasteiger partial charge in [0.15, 0.2) is 0 Å². The van der Waals surface area contributed by atoms with Crippen LogP contribution in [0.5, 0.6) is 0 Å². The SMILES string of the molecule is CCCC(CC)NS(=O)(=O)C(C)CNC(C)C. The fraction of sp³-hybridized carbons (Fsp3) is 1.00. The van der Waals surface area contributed by atoms with Gasteiger partial charge < -0.3 is 5.32 Å². The van der Waals surface area contributed by atoms with E-state index in [4.69, 9.17) is 0 Å². The van der Waals surface area contributed by atoms with Gasteiger partial charge in [0.25, 0.3) is 0 Å². The second-order valence-electron chi connectivity index (χ2n) is 4.93. The van der Waals surface area contributed by atoms with Crippen molar-refractivity contribution in [1.82, 2.24) is 10.0 Å². The summed E-state index contributed by atoms with van der Waals surface area (Å²) >= 11 is 0. The lowest BCUT2D eigenvalue weighted by Crippen LogP contribution is -2.44. The zero-order chi connectivity index (χ0) is 13.5. The molecule has 2 N–H and O–H groups in total. The number of nitrogens with one attached hydrogen (secondary N) is 2. The summed E-state index contributed by atoms with van der Waals surface area (Å²) in [6, 6.07) is 0.386. The van der Waals surface area contributed by atoms with Crippen molar-refractivity contribution in [2.45, 2.75) is 71.2 Å². The van der Waals surface area contributed by atoms with Crippen LogP contribution in [0.1, 0.15) is 53.9 Å². The summed E-state index contributed by atoms with van der Waals surface area (Å²) in [5.74, 6) is 0. The summed E-state index contributed by atoms with van der Waals surface area (Å²) in [4.78, 5) is 0. The van der Waals surface area contributed by atoms with E-state index in [2.05, 4.69) is 17.0 Å². The van der Waals surface area contributed by atoms with Gasteiger partial charge in [-0.2, -0.15) is 0 Å². The highest BCUT2D eigenvalue weighted by atomic mass is 32.2. The van der Waals surface area contributed by atoms with Gasteiger partial charge in [0.2, 0.25) is 10.0 Å². The van der Waals surface area contributed by atoms with E-state index < -0.39 is 15.3 Å². The van der Waals surface area contributed by atoms with E-state index in [1.54, 1.807) is 6.92 Å². The van der Waals surface area contributed by atoms with Gasteiger partial charge in [-0.05, 0) is 19.8 Å². The first-order chi connectivity index (χ1) is 7.83. The van der Waals surface area contributed by atoms with Crippen molar-refractivity contribution >= 4 is 10.0 Å². The van der Waals surface area contributed by atoms with Crippen molar-refractivity contribution < 1.29 is 8.42 Å². The van der Waals surface area contributed by atoms with E-state index in [9.17, 15) is 8.42 Å². The van der Waals surface area contributed by atoms with Gasteiger partial charge in [0.05, 0.1) is 5.25 Å². The molecule has 4 nitrogen and oxygen atoms in total. The Kier molecular flexibility index (Phi) is 8.00. The smallest absolute Gasteiger partial charge is 0.215 e. The summed E-state index contributed by atoms with van der Waals surface area (Å²) in [6.07, 6.45) is 2.75. The Morgan fingerprint density at radius 1 is 1.12 bits per heavy atom. The molecule has 2 atom stereocenters. The predicted molar refractivity (Wildman–Crippen MR) is 73.6 cm³/mol. The average molecular weight is 264 g/mol. The van der Waals surface area contributed by atoms with Gasteiger partial charge in [-0.1, -0.05) is 34.1 Å². The van der Waals surface area contributed by atoms with Crippen LogP contribution in [-0.2, 0) is 10.0 Å². The molecule has 104 valence electrons. The monoisotopic (exact) mass is 264 g/mol. The lowest BCUT2D eigenvalue weighted by atomic mass is 10.1. The first-order valence-electron chi connectivity index (χ1n) is 6.58. The van der Waals surface area contributed by atoms with Crippen LogP contribution in [0.4, 0.5) is 0 Å². The Morgan fingerprint density at radius 2 is 1.71 bits per heavy atom. The highest BCUT2D eigenvalue weighted by Crippen LogP contribution is 2.06. The third-order valence-electron chi connectivity index (χ3n) is 2.80. The standard InChI is InChI=1S/C12H28N2O2S/c1-6-8-12(7-2)14-17(15,16)11(5)9-13-10(3)4/h10-14H,6-9H2,1-5H3. The summed E-state index contributed by atoms with van der Waals surface area (Å²) in [5, 5.41) is 2.76. The fourth-order valence-corrected chi connectivity index (χ4v) is 2.85. The fourth-order valence-electron chi connectivity index (χ4n) is 1.55. The van der Waals surface area contributed by atoms with Crippen LogP contribution in [0.15, 0.2) is 0 Å². The van der Waals surface area contributed by atoms with Crippen LogP contribution in [0, 0.1) is 0 Å². The van der Waals surface area contributed by atoms with E-state index in [0.717, 1.165) is 19.3 Å². The number of hydrogen-bond donors (Lipinski definition) is 2. The van der Waals surface area contributed by atoms with Crippen molar-refractivity contribution in [3.63, 3.8) is 0 Å². The minimum Gasteiger partial charge on any atom is -0.313 e. The second-order valence-corrected chi connectivity index (χ2v) is 7.06. The zero-order valence-electron chi connectivity index (χ0n) is 11.8. The van der Waals surface area contributed by atoms with Crippen LogP contribution < -0.4 is 10.0 Å². The van der Waals surface area contributed by atoms with Crippen LogP contribution in [0.3, 0.4) is 0 Å². The zero-order valence-corrected chi connectivity index (χ0v) is 12.6. The lowest BCUT2D eigenvalue weighted by molar-refractivity contribution is 0.497. The largest absolute Gasteiger partial charge is 0.313 e. The van der Waals surface area contributed by atoms with Crippen LogP contribution in [0.25, 0.3) is 0 Å². The highest BCUT2D eigenvalue weighted by molar-refractivity contribution is 7.90. The van der Waals surface area contributed by atoms with Crippen LogP contribution >= 0.6 is 0 Å². The minimum absolute atomic E-state index is 0.0755. The molecule has 0 bridgehead atoms. The molecule has 0 fully saturated rings. The summed E-state index contributed by atoms with van der Waals surface area (Å²) in [5.41, 5.74) is 0. The van der Waals surface area contributed by atoms with Crippen LogP contribution in [-0.4, -0.2) is 32.3 Å². The van der Waals surface area contributed by atoms with Gasteiger partial charge in [0, 0.05) is 18.6 Å². The third-order valence-corrected chi connectivity index (χ3v) is 4.69. The Bertz CT molecular complexity index is 289. The van der Waals surface area contributed by atoms with E-state index in [0.29, 0.717) is 12.6 Å². The molecule has 0 saturated heterocycles. The topological polar surface area (TPSA) is 58.2 Å². The molecule has 0 saturated carbocycles. The quantitative estimate of drug-likeness (QED) is 0.668. The number of rotatable bonds is 9. The van der Waals surface area contributed by atoms with Crippen molar-refractivity contribution in [3.8, 4) is 0 Å². The predicted octanol–water partition coefficient (Wildman–Crippen LogP) is 1.87. The average Bonchev–Trinajstić information content (AvgIpc) is 2.24. The van der Waals surface area contributed by atoms with Gasteiger partial charge in [-0.25, -0.2) is 13.1 Å². The molecule has 0 rings (SSSR count). The number of sulfonamides is 1. The third kappa shape index (κ3) is 7.01. The molecular formula is C12H28N2O2S. The van der Waals surface area contributed by atoms with Gasteiger partial charge in [-0.3, -0.25) is 0 Å². The van der Waals surface area contributed by atoms with Gasteiger partial charge in [-0.15, -0.1) is 0 Å². The first kappa shape index (κ1) is 16.9. The Hall–Kier alpha value is -0.130. The Balaban J connectivity index is 4.34. The Labute approximate surface area is 107 Å². The molecule has 0 aromatic heterocycles. The van der Waals surface area contributed by atoms with E-state index in [-0.39, 0.29) is 6.04 Å². The van der Waals surface area contributed by atoms with Crippen molar-refractivity contribution in [2.75, 3.05) is 6.54 Å². The number of hydrogen-bond acceptors (Lipinski definition) is 3. The summed E-state index contributed by atoms with van der Waals surface area (Å²) < 4.78 is 26.9. The van der Waals surface area contributed by atoms with Crippen molar-refractivity contribution in [3.05, 3.63) is 0 Å². The molecule has 0 spiro atoms. The molecule has 0 aromatic carbocycles. The maximum Gasteiger partial charge on any atom is 0.215 e. The molecule has 0 aliphatic rings. The first-order valence-corrected chi connectivity index (χ1v) is 8.12. The molecule has 0 heterocycles.